The molecule has 1 aromatic rings. The van der Waals surface area contributed by atoms with Crippen LogP contribution < -0.4 is 0 Å². The number of hydrogen-bond donors (Lipinski definition) is 0. The summed E-state index contributed by atoms with van der Waals surface area (Å²) in [5.74, 6) is -0.707. The molecule has 0 atom stereocenters. The van der Waals surface area contributed by atoms with Crippen molar-refractivity contribution >= 4 is 46.3 Å². The number of thiocarbonyl (C=S) groups is 1. The monoisotopic (exact) mass is 307 g/mol. The number of nitrogens with zero attached hydrogens (tertiary/aromatic N) is 1. The number of esters is 1. The lowest BCUT2D eigenvalue weighted by atomic mass is 10.2. The van der Waals surface area contributed by atoms with Gasteiger partial charge in [-0.2, -0.15) is 0 Å². The van der Waals surface area contributed by atoms with Gasteiger partial charge in [-0.3, -0.25) is 14.5 Å². The smallest absolute Gasteiger partial charge is 0.326 e. The largest absolute Gasteiger partial charge is 0.465 e. The summed E-state index contributed by atoms with van der Waals surface area (Å²) in [5, 5.41) is 0. The van der Waals surface area contributed by atoms with Crippen molar-refractivity contribution in [2.45, 2.75) is 6.92 Å². The number of carbonyl (C=O) groups is 2. The second-order valence-electron chi connectivity index (χ2n) is 3.98. The summed E-state index contributed by atoms with van der Waals surface area (Å²) in [6.45, 7) is 1.87. The fourth-order valence-corrected chi connectivity index (χ4v) is 2.93. The van der Waals surface area contributed by atoms with Gasteiger partial charge in [0.05, 0.1) is 11.5 Å². The fourth-order valence-electron chi connectivity index (χ4n) is 1.67. The number of amides is 1. The highest BCUT2D eigenvalue weighted by Gasteiger charge is 2.33. The van der Waals surface area contributed by atoms with Gasteiger partial charge in [-0.05, 0) is 18.6 Å². The summed E-state index contributed by atoms with van der Waals surface area (Å²) in [6, 6.07) is 9.50. The Kier molecular flexibility index (Phi) is 4.92. The van der Waals surface area contributed by atoms with E-state index in [1.54, 1.807) is 13.0 Å². The Morgan fingerprint density at radius 3 is 2.75 bits per heavy atom. The predicted molar refractivity (Wildman–Crippen MR) is 83.0 cm³/mol. The van der Waals surface area contributed by atoms with E-state index in [-0.39, 0.29) is 19.1 Å². The SMILES string of the molecule is CCOC(=O)CN1C(=O)/C(=C\c2ccccc2)SC1=S. The van der Waals surface area contributed by atoms with E-state index < -0.39 is 5.97 Å². The first-order valence-corrected chi connectivity index (χ1v) is 7.30. The molecule has 0 unspecified atom stereocenters. The van der Waals surface area contributed by atoms with Crippen molar-refractivity contribution in [3.63, 3.8) is 0 Å². The van der Waals surface area contributed by atoms with Crippen molar-refractivity contribution in [2.75, 3.05) is 13.2 Å². The second-order valence-corrected chi connectivity index (χ2v) is 5.66. The second kappa shape index (κ2) is 6.67. The van der Waals surface area contributed by atoms with Crippen LogP contribution in [0.25, 0.3) is 6.08 Å². The molecule has 0 radical (unpaired) electrons. The molecular weight excluding hydrogens is 294 g/mol. The Morgan fingerprint density at radius 2 is 2.10 bits per heavy atom. The molecule has 4 nitrogen and oxygen atoms in total. The number of ether oxygens (including phenoxy) is 1. The molecule has 0 N–H and O–H groups in total. The highest BCUT2D eigenvalue weighted by atomic mass is 32.2. The van der Waals surface area contributed by atoms with Crippen LogP contribution in [0.15, 0.2) is 35.2 Å². The maximum Gasteiger partial charge on any atom is 0.326 e. The van der Waals surface area contributed by atoms with Gasteiger partial charge in [0.2, 0.25) is 0 Å². The van der Waals surface area contributed by atoms with E-state index in [2.05, 4.69) is 0 Å². The van der Waals surface area contributed by atoms with Gasteiger partial charge >= 0.3 is 5.97 Å². The molecule has 0 aromatic heterocycles. The molecule has 2 rings (SSSR count). The molecule has 0 spiro atoms. The predicted octanol–water partition coefficient (Wildman–Crippen LogP) is 2.45. The van der Waals surface area contributed by atoms with Crippen LogP contribution in [-0.2, 0) is 14.3 Å². The zero-order chi connectivity index (χ0) is 14.5. The quantitative estimate of drug-likeness (QED) is 0.486. The van der Waals surface area contributed by atoms with Crippen molar-refractivity contribution in [1.82, 2.24) is 4.90 Å². The Balaban J connectivity index is 2.13. The molecule has 1 fully saturated rings. The van der Waals surface area contributed by atoms with Gasteiger partial charge in [0.25, 0.3) is 5.91 Å². The standard InChI is InChI=1S/C14H13NO3S2/c1-2-18-12(16)9-15-13(17)11(20-14(15)19)8-10-6-4-3-5-7-10/h3-8H,2,9H2,1H3/b11-8+. The van der Waals surface area contributed by atoms with Crippen LogP contribution in [-0.4, -0.2) is 34.2 Å². The van der Waals surface area contributed by atoms with Crippen LogP contribution in [0.3, 0.4) is 0 Å². The summed E-state index contributed by atoms with van der Waals surface area (Å²) in [5.41, 5.74) is 0.920. The van der Waals surface area contributed by atoms with E-state index in [1.165, 1.54) is 16.7 Å². The van der Waals surface area contributed by atoms with E-state index in [9.17, 15) is 9.59 Å². The first-order valence-electron chi connectivity index (χ1n) is 6.08. The molecule has 1 amide bonds. The van der Waals surface area contributed by atoms with Crippen LogP contribution >= 0.6 is 24.0 Å². The molecule has 20 heavy (non-hydrogen) atoms. The third-order valence-corrected chi connectivity index (χ3v) is 3.94. The zero-order valence-corrected chi connectivity index (χ0v) is 12.5. The average Bonchev–Trinajstić information content (AvgIpc) is 2.68. The Bertz CT molecular complexity index is 569. The lowest BCUT2D eigenvalue weighted by Crippen LogP contribution is -2.34. The van der Waals surface area contributed by atoms with Gasteiger partial charge in [0.1, 0.15) is 10.9 Å². The zero-order valence-electron chi connectivity index (χ0n) is 10.9. The highest BCUT2D eigenvalue weighted by molar-refractivity contribution is 8.26. The fraction of sp³-hybridized carbons (Fsp3) is 0.214. The summed E-state index contributed by atoms with van der Waals surface area (Å²) < 4.78 is 5.21. The minimum Gasteiger partial charge on any atom is -0.465 e. The van der Waals surface area contributed by atoms with Gasteiger partial charge < -0.3 is 4.74 Å². The number of benzene rings is 1. The normalized spacial score (nSPS) is 16.9. The van der Waals surface area contributed by atoms with Crippen LogP contribution in [0.5, 0.6) is 0 Å². The highest BCUT2D eigenvalue weighted by Crippen LogP contribution is 2.32. The number of hydrogen-bond acceptors (Lipinski definition) is 5. The third-order valence-electron chi connectivity index (χ3n) is 2.56. The minimum atomic E-state index is -0.454. The van der Waals surface area contributed by atoms with Crippen molar-refractivity contribution < 1.29 is 14.3 Å². The molecule has 6 heteroatoms. The molecule has 0 saturated carbocycles. The molecule has 1 heterocycles. The van der Waals surface area contributed by atoms with Gasteiger partial charge in [-0.15, -0.1) is 0 Å². The Hall–Kier alpha value is -1.66. The molecule has 104 valence electrons. The Labute approximate surface area is 126 Å². The first-order chi connectivity index (χ1) is 9.61. The van der Waals surface area contributed by atoms with E-state index in [0.717, 1.165) is 5.56 Å². The molecular formula is C14H13NO3S2. The van der Waals surface area contributed by atoms with Crippen LogP contribution in [0.2, 0.25) is 0 Å². The van der Waals surface area contributed by atoms with Crippen LogP contribution in [0.4, 0.5) is 0 Å². The average molecular weight is 307 g/mol. The van der Waals surface area contributed by atoms with E-state index in [4.69, 9.17) is 17.0 Å². The summed E-state index contributed by atoms with van der Waals surface area (Å²) >= 11 is 6.33. The maximum absolute atomic E-state index is 12.2. The lowest BCUT2D eigenvalue weighted by Gasteiger charge is -2.12. The third kappa shape index (κ3) is 3.46. The van der Waals surface area contributed by atoms with Gasteiger partial charge in [-0.25, -0.2) is 0 Å². The van der Waals surface area contributed by atoms with Crippen molar-refractivity contribution in [3.8, 4) is 0 Å². The van der Waals surface area contributed by atoms with Crippen LogP contribution in [0, 0.1) is 0 Å². The van der Waals surface area contributed by atoms with Gasteiger partial charge in [0, 0.05) is 0 Å². The van der Waals surface area contributed by atoms with Crippen molar-refractivity contribution in [1.29, 1.82) is 0 Å². The van der Waals surface area contributed by atoms with Crippen molar-refractivity contribution in [3.05, 3.63) is 40.8 Å². The van der Waals surface area contributed by atoms with E-state index >= 15 is 0 Å². The van der Waals surface area contributed by atoms with Crippen molar-refractivity contribution in [2.24, 2.45) is 0 Å². The van der Waals surface area contributed by atoms with Gasteiger partial charge in [0.15, 0.2) is 0 Å². The Morgan fingerprint density at radius 1 is 1.40 bits per heavy atom. The molecule has 0 aliphatic carbocycles. The number of carbonyl (C=O) groups excluding carboxylic acids is 2. The summed E-state index contributed by atoms with van der Waals surface area (Å²) in [4.78, 5) is 25.4. The molecule has 0 bridgehead atoms. The molecule has 1 aromatic carbocycles. The molecule has 1 aliphatic rings. The van der Waals surface area contributed by atoms with Gasteiger partial charge in [-0.1, -0.05) is 54.3 Å². The summed E-state index contributed by atoms with van der Waals surface area (Å²) in [6.07, 6.45) is 1.77. The first kappa shape index (κ1) is 14.7. The minimum absolute atomic E-state index is 0.134. The molecule has 1 saturated heterocycles. The molecule has 1 aliphatic heterocycles. The summed E-state index contributed by atoms with van der Waals surface area (Å²) in [7, 11) is 0. The number of rotatable bonds is 4. The topological polar surface area (TPSA) is 46.6 Å². The van der Waals surface area contributed by atoms with Crippen LogP contribution in [0.1, 0.15) is 12.5 Å². The van der Waals surface area contributed by atoms with E-state index in [1.807, 2.05) is 30.3 Å². The van der Waals surface area contributed by atoms with E-state index in [0.29, 0.717) is 9.23 Å². The number of thioether (sulfide) groups is 1. The lowest BCUT2D eigenvalue weighted by molar-refractivity contribution is -0.145. The maximum atomic E-state index is 12.2.